The highest BCUT2D eigenvalue weighted by Crippen LogP contribution is 2.12. The Labute approximate surface area is 111 Å². The zero-order valence-corrected chi connectivity index (χ0v) is 11.1. The molecule has 0 radical (unpaired) electrons. The lowest BCUT2D eigenvalue weighted by Gasteiger charge is -2.17. The van der Waals surface area contributed by atoms with Crippen molar-refractivity contribution < 1.29 is 4.79 Å². The van der Waals surface area contributed by atoms with E-state index < -0.39 is 0 Å². The van der Waals surface area contributed by atoms with E-state index in [0.717, 1.165) is 5.69 Å². The molecule has 0 fully saturated rings. The molecule has 1 heterocycles. The number of rotatable bonds is 3. The Hall–Kier alpha value is -1.81. The summed E-state index contributed by atoms with van der Waals surface area (Å²) in [6.07, 6.45) is 1.72. The average Bonchev–Trinajstić information content (AvgIpc) is 2.75. The van der Waals surface area contributed by atoms with Crippen LogP contribution in [0, 0.1) is 0 Å². The summed E-state index contributed by atoms with van der Waals surface area (Å²) in [6, 6.07) is 8.78. The Morgan fingerprint density at radius 3 is 2.56 bits per heavy atom. The molecule has 0 atom stereocenters. The van der Waals surface area contributed by atoms with E-state index in [9.17, 15) is 4.79 Å². The van der Waals surface area contributed by atoms with Crippen LogP contribution in [0.25, 0.3) is 0 Å². The van der Waals surface area contributed by atoms with Gasteiger partial charge >= 0.3 is 0 Å². The zero-order chi connectivity index (χ0) is 13.1. The summed E-state index contributed by atoms with van der Waals surface area (Å²) in [5, 5.41) is 4.70. The molecule has 0 aliphatic rings. The molecule has 5 heteroatoms. The van der Waals surface area contributed by atoms with E-state index in [2.05, 4.69) is 5.10 Å². The maximum absolute atomic E-state index is 12.1. The number of benzene rings is 1. The van der Waals surface area contributed by atoms with E-state index in [1.54, 1.807) is 47.1 Å². The lowest BCUT2D eigenvalue weighted by Crippen LogP contribution is -2.27. The number of carbonyl (C=O) groups is 1. The van der Waals surface area contributed by atoms with Crippen molar-refractivity contribution in [3.63, 3.8) is 0 Å². The third kappa shape index (κ3) is 2.71. The first-order chi connectivity index (χ1) is 8.58. The predicted octanol–water partition coefficient (Wildman–Crippen LogP) is 2.35. The third-order valence-corrected chi connectivity index (χ3v) is 3.01. The average molecular weight is 264 g/mol. The van der Waals surface area contributed by atoms with Gasteiger partial charge in [-0.1, -0.05) is 11.6 Å². The summed E-state index contributed by atoms with van der Waals surface area (Å²) in [4.78, 5) is 13.8. The number of aryl methyl sites for hydroxylation is 1. The molecule has 1 aromatic heterocycles. The van der Waals surface area contributed by atoms with Crippen molar-refractivity contribution in [2.24, 2.45) is 7.05 Å². The first-order valence-electron chi connectivity index (χ1n) is 5.56. The Morgan fingerprint density at radius 1 is 1.33 bits per heavy atom. The van der Waals surface area contributed by atoms with Gasteiger partial charge in [-0.25, -0.2) is 0 Å². The van der Waals surface area contributed by atoms with Crippen molar-refractivity contribution >= 4 is 17.5 Å². The van der Waals surface area contributed by atoms with Crippen LogP contribution in [0.15, 0.2) is 36.5 Å². The maximum atomic E-state index is 12.1. The van der Waals surface area contributed by atoms with Gasteiger partial charge in [0.15, 0.2) is 0 Å². The van der Waals surface area contributed by atoms with E-state index in [1.807, 2.05) is 13.1 Å². The van der Waals surface area contributed by atoms with Gasteiger partial charge in [0.2, 0.25) is 0 Å². The van der Waals surface area contributed by atoms with E-state index in [-0.39, 0.29) is 5.91 Å². The van der Waals surface area contributed by atoms with Crippen LogP contribution >= 0.6 is 11.6 Å². The molecule has 0 spiro atoms. The summed E-state index contributed by atoms with van der Waals surface area (Å²) >= 11 is 5.80. The minimum atomic E-state index is -0.0344. The van der Waals surface area contributed by atoms with Gasteiger partial charge in [-0.2, -0.15) is 5.10 Å². The van der Waals surface area contributed by atoms with Crippen LogP contribution in [0.4, 0.5) is 0 Å². The fraction of sp³-hybridized carbons (Fsp3) is 0.231. The first kappa shape index (κ1) is 12.6. The van der Waals surface area contributed by atoms with Crippen molar-refractivity contribution in [1.82, 2.24) is 14.7 Å². The molecule has 18 heavy (non-hydrogen) atoms. The molecular formula is C13H14ClN3O. The second kappa shape index (κ2) is 5.23. The molecule has 0 aliphatic carbocycles. The highest BCUT2D eigenvalue weighted by Gasteiger charge is 2.13. The summed E-state index contributed by atoms with van der Waals surface area (Å²) in [5.41, 5.74) is 1.61. The number of hydrogen-bond acceptors (Lipinski definition) is 2. The predicted molar refractivity (Wildman–Crippen MR) is 70.5 cm³/mol. The third-order valence-electron chi connectivity index (χ3n) is 2.76. The maximum Gasteiger partial charge on any atom is 0.253 e. The quantitative estimate of drug-likeness (QED) is 0.853. The normalized spacial score (nSPS) is 10.4. The van der Waals surface area contributed by atoms with Crippen molar-refractivity contribution in [3.8, 4) is 0 Å². The SMILES string of the molecule is CN(Cc1ccnn1C)C(=O)c1ccc(Cl)cc1. The van der Waals surface area contributed by atoms with Crippen molar-refractivity contribution in [3.05, 3.63) is 52.8 Å². The van der Waals surface area contributed by atoms with E-state index in [1.165, 1.54) is 0 Å². The molecule has 0 saturated carbocycles. The van der Waals surface area contributed by atoms with Gasteiger partial charge in [-0.05, 0) is 30.3 Å². The van der Waals surface area contributed by atoms with Gasteiger partial charge in [0.25, 0.3) is 5.91 Å². The van der Waals surface area contributed by atoms with Crippen molar-refractivity contribution in [1.29, 1.82) is 0 Å². The van der Waals surface area contributed by atoms with Crippen LogP contribution in [0.1, 0.15) is 16.1 Å². The van der Waals surface area contributed by atoms with Gasteiger partial charge < -0.3 is 4.90 Å². The number of halogens is 1. The summed E-state index contributed by atoms with van der Waals surface area (Å²) in [6.45, 7) is 0.526. The molecule has 2 aromatic rings. The zero-order valence-electron chi connectivity index (χ0n) is 10.3. The van der Waals surface area contributed by atoms with Crippen LogP contribution in [0.5, 0.6) is 0 Å². The molecule has 1 amide bonds. The lowest BCUT2D eigenvalue weighted by atomic mass is 10.2. The van der Waals surface area contributed by atoms with Gasteiger partial charge in [0.1, 0.15) is 0 Å². The summed E-state index contributed by atoms with van der Waals surface area (Å²) in [7, 11) is 3.62. The van der Waals surface area contributed by atoms with Gasteiger partial charge in [-0.15, -0.1) is 0 Å². The number of aromatic nitrogens is 2. The summed E-state index contributed by atoms with van der Waals surface area (Å²) in [5.74, 6) is -0.0344. The molecule has 0 unspecified atom stereocenters. The molecule has 4 nitrogen and oxygen atoms in total. The summed E-state index contributed by atoms with van der Waals surface area (Å²) < 4.78 is 1.76. The molecule has 94 valence electrons. The monoisotopic (exact) mass is 263 g/mol. The van der Waals surface area contributed by atoms with Crippen molar-refractivity contribution in [2.45, 2.75) is 6.54 Å². The Bertz CT molecular complexity index is 548. The number of amides is 1. The van der Waals surface area contributed by atoms with Crippen LogP contribution in [0.3, 0.4) is 0 Å². The molecule has 0 saturated heterocycles. The van der Waals surface area contributed by atoms with Crippen LogP contribution in [0.2, 0.25) is 5.02 Å². The topological polar surface area (TPSA) is 38.1 Å². The second-order valence-electron chi connectivity index (χ2n) is 4.11. The van der Waals surface area contributed by atoms with Crippen LogP contribution in [-0.4, -0.2) is 27.6 Å². The number of carbonyl (C=O) groups excluding carboxylic acids is 1. The minimum absolute atomic E-state index is 0.0344. The Balaban J connectivity index is 2.09. The van der Waals surface area contributed by atoms with E-state index in [0.29, 0.717) is 17.1 Å². The second-order valence-corrected chi connectivity index (χ2v) is 4.55. The highest BCUT2D eigenvalue weighted by atomic mass is 35.5. The van der Waals surface area contributed by atoms with Gasteiger partial charge in [0.05, 0.1) is 12.2 Å². The fourth-order valence-corrected chi connectivity index (χ4v) is 1.81. The number of nitrogens with zero attached hydrogens (tertiary/aromatic N) is 3. The number of hydrogen-bond donors (Lipinski definition) is 0. The van der Waals surface area contributed by atoms with E-state index in [4.69, 9.17) is 11.6 Å². The highest BCUT2D eigenvalue weighted by molar-refractivity contribution is 6.30. The minimum Gasteiger partial charge on any atom is -0.336 e. The fourth-order valence-electron chi connectivity index (χ4n) is 1.68. The largest absolute Gasteiger partial charge is 0.336 e. The standard InChI is InChI=1S/C13H14ClN3O/c1-16(9-12-7-8-15-17(12)2)13(18)10-3-5-11(14)6-4-10/h3-8H,9H2,1-2H3. The Kier molecular flexibility index (Phi) is 3.67. The van der Waals surface area contributed by atoms with Crippen LogP contribution in [-0.2, 0) is 13.6 Å². The molecular weight excluding hydrogens is 250 g/mol. The molecule has 0 bridgehead atoms. The molecule has 0 N–H and O–H groups in total. The first-order valence-corrected chi connectivity index (χ1v) is 5.93. The smallest absolute Gasteiger partial charge is 0.253 e. The molecule has 1 aromatic carbocycles. The van der Waals surface area contributed by atoms with Gasteiger partial charge in [-0.3, -0.25) is 9.48 Å². The lowest BCUT2D eigenvalue weighted by molar-refractivity contribution is 0.0782. The van der Waals surface area contributed by atoms with Crippen molar-refractivity contribution in [2.75, 3.05) is 7.05 Å². The Morgan fingerprint density at radius 2 is 2.00 bits per heavy atom. The van der Waals surface area contributed by atoms with E-state index >= 15 is 0 Å². The molecule has 0 aliphatic heterocycles. The molecule has 2 rings (SSSR count). The van der Waals surface area contributed by atoms with Gasteiger partial charge in [0, 0.05) is 30.9 Å². The van der Waals surface area contributed by atoms with Crippen LogP contribution < -0.4 is 0 Å².